The number of piperidine rings is 1. The highest BCUT2D eigenvalue weighted by Gasteiger charge is 2.31. The number of carbonyl (C=O) groups is 2. The Morgan fingerprint density at radius 2 is 1.81 bits per heavy atom. The third kappa shape index (κ3) is 5.28. The van der Waals surface area contributed by atoms with Gasteiger partial charge in [-0.3, -0.25) is 9.59 Å². The van der Waals surface area contributed by atoms with Gasteiger partial charge in [0, 0.05) is 50.9 Å². The van der Waals surface area contributed by atoms with Crippen LogP contribution in [-0.4, -0.2) is 53.0 Å². The number of aryl methyl sites for hydroxylation is 1. The molecular formula is C24H30N4O3. The van der Waals surface area contributed by atoms with E-state index in [1.807, 2.05) is 42.2 Å². The first-order chi connectivity index (χ1) is 15.1. The van der Waals surface area contributed by atoms with Crippen molar-refractivity contribution in [2.75, 3.05) is 26.3 Å². The molecule has 3 heterocycles. The van der Waals surface area contributed by atoms with E-state index >= 15 is 0 Å². The van der Waals surface area contributed by atoms with Crippen molar-refractivity contribution >= 4 is 11.8 Å². The number of amides is 2. The van der Waals surface area contributed by atoms with Crippen LogP contribution in [0.2, 0.25) is 0 Å². The summed E-state index contributed by atoms with van der Waals surface area (Å²) in [6.07, 6.45) is 4.89. The van der Waals surface area contributed by atoms with Gasteiger partial charge in [-0.2, -0.15) is 0 Å². The van der Waals surface area contributed by atoms with Gasteiger partial charge in [0.2, 0.25) is 5.91 Å². The van der Waals surface area contributed by atoms with Gasteiger partial charge in [-0.25, -0.2) is 9.97 Å². The van der Waals surface area contributed by atoms with Crippen molar-refractivity contribution in [3.8, 4) is 0 Å². The molecule has 0 unspecified atom stereocenters. The number of nitrogens with one attached hydrogen (secondary N) is 1. The standard InChI is InChI=1S/C24H30N4O3/c1-17-25-16-21(23(29)26-15-18-5-3-2-4-6-18)22(27-17)19-7-11-28(12-8-19)24(30)20-9-13-31-14-10-20/h2-6,16,19-20H,7-15H2,1H3,(H,26,29). The summed E-state index contributed by atoms with van der Waals surface area (Å²) >= 11 is 0. The molecule has 2 aliphatic rings. The molecule has 0 bridgehead atoms. The number of hydrogen-bond acceptors (Lipinski definition) is 5. The molecule has 2 saturated heterocycles. The van der Waals surface area contributed by atoms with Crippen LogP contribution in [0, 0.1) is 12.8 Å². The Kier molecular flexibility index (Phi) is 6.92. The number of rotatable bonds is 5. The van der Waals surface area contributed by atoms with Crippen LogP contribution in [-0.2, 0) is 16.1 Å². The Balaban J connectivity index is 1.40. The lowest BCUT2D eigenvalue weighted by molar-refractivity contribution is -0.139. The average Bonchev–Trinajstić information content (AvgIpc) is 2.83. The van der Waals surface area contributed by atoms with Gasteiger partial charge in [0.1, 0.15) is 5.82 Å². The van der Waals surface area contributed by atoms with Crippen molar-refractivity contribution < 1.29 is 14.3 Å². The molecule has 2 amide bonds. The van der Waals surface area contributed by atoms with Gasteiger partial charge in [0.15, 0.2) is 0 Å². The van der Waals surface area contributed by atoms with Crippen molar-refractivity contribution in [3.05, 3.63) is 59.2 Å². The number of carbonyl (C=O) groups excluding carboxylic acids is 2. The summed E-state index contributed by atoms with van der Waals surface area (Å²) in [6.45, 7) is 5.07. The normalized spacial score (nSPS) is 18.0. The molecule has 0 radical (unpaired) electrons. The number of likely N-dealkylation sites (tertiary alicyclic amines) is 1. The van der Waals surface area contributed by atoms with E-state index in [4.69, 9.17) is 4.74 Å². The molecule has 0 atom stereocenters. The Morgan fingerprint density at radius 1 is 1.10 bits per heavy atom. The first-order valence-corrected chi connectivity index (χ1v) is 11.1. The molecule has 1 aromatic heterocycles. The van der Waals surface area contributed by atoms with Crippen LogP contribution in [0.5, 0.6) is 0 Å². The molecule has 1 N–H and O–H groups in total. The first kappa shape index (κ1) is 21.4. The van der Waals surface area contributed by atoms with E-state index in [0.717, 1.165) is 36.9 Å². The van der Waals surface area contributed by atoms with E-state index < -0.39 is 0 Å². The van der Waals surface area contributed by atoms with Gasteiger partial charge in [-0.05, 0) is 38.2 Å². The van der Waals surface area contributed by atoms with Gasteiger partial charge in [0.25, 0.3) is 5.91 Å². The number of benzene rings is 1. The molecule has 4 rings (SSSR count). The Morgan fingerprint density at radius 3 is 2.52 bits per heavy atom. The first-order valence-electron chi connectivity index (χ1n) is 11.1. The van der Waals surface area contributed by atoms with Gasteiger partial charge in [0.05, 0.1) is 11.3 Å². The summed E-state index contributed by atoms with van der Waals surface area (Å²) in [5.74, 6) is 1.00. The summed E-state index contributed by atoms with van der Waals surface area (Å²) in [5, 5.41) is 2.99. The highest BCUT2D eigenvalue weighted by atomic mass is 16.5. The molecule has 7 heteroatoms. The molecule has 2 fully saturated rings. The second-order valence-corrected chi connectivity index (χ2v) is 8.37. The molecular weight excluding hydrogens is 392 g/mol. The van der Waals surface area contributed by atoms with E-state index in [2.05, 4.69) is 15.3 Å². The van der Waals surface area contributed by atoms with Crippen LogP contribution in [0.3, 0.4) is 0 Å². The molecule has 0 aliphatic carbocycles. The van der Waals surface area contributed by atoms with Crippen LogP contribution in [0.1, 0.15) is 59.0 Å². The van der Waals surface area contributed by atoms with Gasteiger partial charge >= 0.3 is 0 Å². The van der Waals surface area contributed by atoms with E-state index in [1.165, 1.54) is 0 Å². The molecule has 1 aromatic carbocycles. The summed E-state index contributed by atoms with van der Waals surface area (Å²) in [4.78, 5) is 36.6. The van der Waals surface area contributed by atoms with E-state index in [1.54, 1.807) is 6.20 Å². The van der Waals surface area contributed by atoms with Gasteiger partial charge < -0.3 is 15.0 Å². The van der Waals surface area contributed by atoms with E-state index in [0.29, 0.717) is 44.2 Å². The van der Waals surface area contributed by atoms with Gasteiger partial charge in [-0.15, -0.1) is 0 Å². The Labute approximate surface area is 183 Å². The van der Waals surface area contributed by atoms with Crippen LogP contribution in [0.15, 0.2) is 36.5 Å². The number of hydrogen-bond donors (Lipinski definition) is 1. The number of nitrogens with zero attached hydrogens (tertiary/aromatic N) is 3. The monoisotopic (exact) mass is 422 g/mol. The smallest absolute Gasteiger partial charge is 0.254 e. The van der Waals surface area contributed by atoms with Crippen LogP contribution >= 0.6 is 0 Å². The third-order valence-corrected chi connectivity index (χ3v) is 6.24. The SMILES string of the molecule is Cc1ncc(C(=O)NCc2ccccc2)c(C2CCN(C(=O)C3CCOCC3)CC2)n1. The van der Waals surface area contributed by atoms with Gasteiger partial charge in [-0.1, -0.05) is 30.3 Å². The van der Waals surface area contributed by atoms with Crippen LogP contribution in [0.25, 0.3) is 0 Å². The minimum atomic E-state index is -0.153. The van der Waals surface area contributed by atoms with Crippen molar-refractivity contribution in [3.63, 3.8) is 0 Å². The lowest BCUT2D eigenvalue weighted by Gasteiger charge is -2.35. The molecule has 2 aromatic rings. The minimum Gasteiger partial charge on any atom is -0.381 e. The molecule has 7 nitrogen and oxygen atoms in total. The minimum absolute atomic E-state index is 0.0888. The largest absolute Gasteiger partial charge is 0.381 e. The van der Waals surface area contributed by atoms with Crippen molar-refractivity contribution in [1.29, 1.82) is 0 Å². The zero-order valence-corrected chi connectivity index (χ0v) is 18.0. The fourth-order valence-electron chi connectivity index (χ4n) is 4.42. The predicted molar refractivity (Wildman–Crippen MR) is 116 cm³/mol. The van der Waals surface area contributed by atoms with Crippen molar-refractivity contribution in [2.45, 2.75) is 45.1 Å². The molecule has 0 spiro atoms. The van der Waals surface area contributed by atoms with Crippen molar-refractivity contribution in [2.24, 2.45) is 5.92 Å². The summed E-state index contributed by atoms with van der Waals surface area (Å²) in [5.41, 5.74) is 2.39. The second-order valence-electron chi connectivity index (χ2n) is 8.37. The van der Waals surface area contributed by atoms with Crippen LogP contribution < -0.4 is 5.32 Å². The zero-order valence-electron chi connectivity index (χ0n) is 18.0. The predicted octanol–water partition coefficient (Wildman–Crippen LogP) is 2.85. The van der Waals surface area contributed by atoms with Crippen molar-refractivity contribution in [1.82, 2.24) is 20.2 Å². The molecule has 31 heavy (non-hydrogen) atoms. The number of aromatic nitrogens is 2. The highest BCUT2D eigenvalue weighted by Crippen LogP contribution is 2.30. The highest BCUT2D eigenvalue weighted by molar-refractivity contribution is 5.95. The Bertz CT molecular complexity index is 904. The molecule has 164 valence electrons. The van der Waals surface area contributed by atoms with E-state index in [-0.39, 0.29) is 23.7 Å². The topological polar surface area (TPSA) is 84.4 Å². The fraction of sp³-hybridized carbons (Fsp3) is 0.500. The molecule has 2 aliphatic heterocycles. The zero-order chi connectivity index (χ0) is 21.6. The Hall–Kier alpha value is -2.80. The summed E-state index contributed by atoms with van der Waals surface area (Å²) in [6, 6.07) is 9.83. The summed E-state index contributed by atoms with van der Waals surface area (Å²) < 4.78 is 5.38. The molecule has 0 saturated carbocycles. The maximum absolute atomic E-state index is 12.9. The lowest BCUT2D eigenvalue weighted by atomic mass is 9.89. The second kappa shape index (κ2) is 10.0. The maximum atomic E-state index is 12.9. The fourth-order valence-corrected chi connectivity index (χ4v) is 4.42. The third-order valence-electron chi connectivity index (χ3n) is 6.24. The van der Waals surface area contributed by atoms with E-state index in [9.17, 15) is 9.59 Å². The quantitative estimate of drug-likeness (QED) is 0.801. The maximum Gasteiger partial charge on any atom is 0.254 e. The van der Waals surface area contributed by atoms with Crippen LogP contribution in [0.4, 0.5) is 0 Å². The lowest BCUT2D eigenvalue weighted by Crippen LogP contribution is -2.43. The summed E-state index contributed by atoms with van der Waals surface area (Å²) in [7, 11) is 0. The number of ether oxygens (including phenoxy) is 1. The average molecular weight is 423 g/mol.